The highest BCUT2D eigenvalue weighted by molar-refractivity contribution is 5.75. The molecule has 0 aliphatic carbocycles. The maximum absolute atomic E-state index is 3.67. The molecule has 0 aliphatic rings. The first kappa shape index (κ1) is 22.6. The van der Waals surface area contributed by atoms with Gasteiger partial charge in [0.25, 0.3) is 0 Å². The molecule has 12 heavy (non-hydrogen) atoms. The Hall–Kier alpha value is -0.455. The van der Waals surface area contributed by atoms with E-state index in [9.17, 15) is 0 Å². The lowest BCUT2D eigenvalue weighted by Crippen LogP contribution is -1.58. The average Bonchev–Trinajstić information content (AvgIpc) is 1.89. The van der Waals surface area contributed by atoms with E-state index in [-0.39, 0.29) is 15.8 Å². The summed E-state index contributed by atoms with van der Waals surface area (Å²) in [6, 6.07) is 0. The Kier molecular flexibility index (Phi) is 31.7. The first-order chi connectivity index (χ1) is 4.54. The van der Waals surface area contributed by atoms with Crippen LogP contribution >= 0.6 is 0 Å². The molecule has 3 radical (unpaired) electrons. The van der Waals surface area contributed by atoms with Crippen LogP contribution in [0.4, 0.5) is 0 Å². The van der Waals surface area contributed by atoms with E-state index in [1.165, 1.54) is 11.1 Å². The van der Waals surface area contributed by atoms with Crippen molar-refractivity contribution in [3.8, 4) is 0 Å². The van der Waals surface area contributed by atoms with Gasteiger partial charge in [-0.3, -0.25) is 0 Å². The molecule has 0 aliphatic heterocycles. The number of hydrogen-bond donors (Lipinski definition) is 0. The summed E-state index contributed by atoms with van der Waals surface area (Å²) in [4.78, 5) is 0. The van der Waals surface area contributed by atoms with Gasteiger partial charge in [0.2, 0.25) is 0 Å². The van der Waals surface area contributed by atoms with Crippen molar-refractivity contribution in [3.63, 3.8) is 0 Å². The van der Waals surface area contributed by atoms with Gasteiger partial charge < -0.3 is 0 Å². The SMILES string of the molecule is C.C=C(C)CC.C=C(C)CC.[B]. The molecular formula is C11H24B. The zero-order valence-corrected chi connectivity index (χ0v) is 8.41. The lowest BCUT2D eigenvalue weighted by atomic mass is 10.3. The summed E-state index contributed by atoms with van der Waals surface area (Å²) in [7, 11) is 0. The van der Waals surface area contributed by atoms with Crippen LogP contribution in [-0.4, -0.2) is 8.41 Å². The molecule has 0 atom stereocenters. The van der Waals surface area contributed by atoms with Crippen molar-refractivity contribution in [3.05, 3.63) is 24.3 Å². The zero-order valence-electron chi connectivity index (χ0n) is 8.41. The van der Waals surface area contributed by atoms with E-state index in [1.807, 2.05) is 13.8 Å². The summed E-state index contributed by atoms with van der Waals surface area (Å²) in [5.74, 6) is 0. The molecule has 71 valence electrons. The van der Waals surface area contributed by atoms with Crippen LogP contribution in [0.2, 0.25) is 0 Å². The third kappa shape index (κ3) is 55.5. The summed E-state index contributed by atoms with van der Waals surface area (Å²) >= 11 is 0. The van der Waals surface area contributed by atoms with Crippen molar-refractivity contribution < 1.29 is 0 Å². The van der Waals surface area contributed by atoms with Gasteiger partial charge in [-0.25, -0.2) is 0 Å². The first-order valence-corrected chi connectivity index (χ1v) is 3.83. The first-order valence-electron chi connectivity index (χ1n) is 3.83. The van der Waals surface area contributed by atoms with Crippen molar-refractivity contribution in [2.45, 2.75) is 48.0 Å². The number of rotatable bonds is 2. The monoisotopic (exact) mass is 167 g/mol. The van der Waals surface area contributed by atoms with E-state index in [0.717, 1.165) is 12.8 Å². The fourth-order valence-corrected chi connectivity index (χ4v) is 0. The van der Waals surface area contributed by atoms with Crippen molar-refractivity contribution in [2.75, 3.05) is 0 Å². The fraction of sp³-hybridized carbons (Fsp3) is 0.636. The molecular weight excluding hydrogens is 143 g/mol. The van der Waals surface area contributed by atoms with E-state index in [1.54, 1.807) is 0 Å². The van der Waals surface area contributed by atoms with Gasteiger partial charge in [0.15, 0.2) is 0 Å². The summed E-state index contributed by atoms with van der Waals surface area (Å²) in [6.07, 6.45) is 2.22. The predicted molar refractivity (Wildman–Crippen MR) is 62.7 cm³/mol. The number of allylic oxidation sites excluding steroid dienone is 2. The molecule has 0 spiro atoms. The van der Waals surface area contributed by atoms with Crippen LogP contribution in [0.3, 0.4) is 0 Å². The molecule has 0 aromatic carbocycles. The Bertz CT molecular complexity index is 89.6. The normalized spacial score (nSPS) is 6.33. The Balaban J connectivity index is -0.0000000457. The van der Waals surface area contributed by atoms with E-state index in [2.05, 4.69) is 27.0 Å². The Labute approximate surface area is 81.3 Å². The van der Waals surface area contributed by atoms with E-state index >= 15 is 0 Å². The van der Waals surface area contributed by atoms with Crippen LogP contribution in [0.1, 0.15) is 48.0 Å². The van der Waals surface area contributed by atoms with E-state index in [4.69, 9.17) is 0 Å². The molecule has 0 unspecified atom stereocenters. The molecule has 0 aromatic heterocycles. The minimum absolute atomic E-state index is 0. The van der Waals surface area contributed by atoms with Gasteiger partial charge in [0.1, 0.15) is 0 Å². The highest BCUT2D eigenvalue weighted by atomic mass is 13.7. The average molecular weight is 167 g/mol. The second kappa shape index (κ2) is 16.9. The van der Waals surface area contributed by atoms with Crippen molar-refractivity contribution >= 4 is 8.41 Å². The van der Waals surface area contributed by atoms with Crippen LogP contribution < -0.4 is 0 Å². The summed E-state index contributed by atoms with van der Waals surface area (Å²) < 4.78 is 0. The lowest BCUT2D eigenvalue weighted by molar-refractivity contribution is 1.11. The maximum atomic E-state index is 3.67. The summed E-state index contributed by atoms with van der Waals surface area (Å²) in [6.45, 7) is 15.6. The van der Waals surface area contributed by atoms with Gasteiger partial charge >= 0.3 is 0 Å². The molecule has 0 aromatic rings. The lowest BCUT2D eigenvalue weighted by Gasteiger charge is -1.79. The molecule has 0 saturated heterocycles. The van der Waals surface area contributed by atoms with Crippen LogP contribution in [0, 0.1) is 0 Å². The third-order valence-electron chi connectivity index (χ3n) is 1.21. The Morgan fingerprint density at radius 1 is 0.917 bits per heavy atom. The van der Waals surface area contributed by atoms with Gasteiger partial charge in [0.05, 0.1) is 0 Å². The predicted octanol–water partition coefficient (Wildman–Crippen LogP) is 4.20. The highest BCUT2D eigenvalue weighted by Gasteiger charge is 1.68. The molecule has 0 amide bonds. The Morgan fingerprint density at radius 2 is 1.00 bits per heavy atom. The third-order valence-corrected chi connectivity index (χ3v) is 1.21. The zero-order chi connectivity index (χ0) is 8.57. The molecule has 0 rings (SSSR count). The highest BCUT2D eigenvalue weighted by Crippen LogP contribution is 1.89. The maximum Gasteiger partial charge on any atom is 0 e. The van der Waals surface area contributed by atoms with Gasteiger partial charge in [-0.1, -0.05) is 32.4 Å². The number of hydrogen-bond acceptors (Lipinski definition) is 0. The topological polar surface area (TPSA) is 0 Å². The minimum atomic E-state index is 0. The van der Waals surface area contributed by atoms with E-state index in [0.29, 0.717) is 0 Å². The molecule has 0 nitrogen and oxygen atoms in total. The quantitative estimate of drug-likeness (QED) is 0.427. The van der Waals surface area contributed by atoms with Crippen molar-refractivity contribution in [2.24, 2.45) is 0 Å². The largest absolute Gasteiger partial charge is 0.100 e. The minimum Gasteiger partial charge on any atom is -0.100 e. The van der Waals surface area contributed by atoms with Crippen LogP contribution in [0.5, 0.6) is 0 Å². The smallest absolute Gasteiger partial charge is 0 e. The molecule has 0 heterocycles. The van der Waals surface area contributed by atoms with Gasteiger partial charge in [-0.2, -0.15) is 0 Å². The van der Waals surface area contributed by atoms with Crippen molar-refractivity contribution in [1.82, 2.24) is 0 Å². The van der Waals surface area contributed by atoms with Crippen LogP contribution in [0.15, 0.2) is 24.3 Å². The second-order valence-electron chi connectivity index (χ2n) is 2.62. The fourth-order valence-electron chi connectivity index (χ4n) is 0. The van der Waals surface area contributed by atoms with Gasteiger partial charge in [0, 0.05) is 8.41 Å². The second-order valence-corrected chi connectivity index (χ2v) is 2.62. The molecule has 0 saturated carbocycles. The molecule has 0 fully saturated rings. The van der Waals surface area contributed by atoms with Crippen LogP contribution in [0.25, 0.3) is 0 Å². The van der Waals surface area contributed by atoms with Gasteiger partial charge in [-0.15, -0.1) is 13.2 Å². The molecule has 0 bridgehead atoms. The standard InChI is InChI=1S/2C5H10.CH4.B/c2*1-4-5(2)3;;/h2*2,4H2,1,3H3;1H4;. The summed E-state index contributed by atoms with van der Waals surface area (Å²) in [5, 5.41) is 0. The molecule has 0 N–H and O–H groups in total. The summed E-state index contributed by atoms with van der Waals surface area (Å²) in [5.41, 5.74) is 2.51. The van der Waals surface area contributed by atoms with E-state index < -0.39 is 0 Å². The Morgan fingerprint density at radius 3 is 1.00 bits per heavy atom. The van der Waals surface area contributed by atoms with Crippen molar-refractivity contribution in [1.29, 1.82) is 0 Å². The molecule has 1 heteroatoms. The van der Waals surface area contributed by atoms with Crippen LogP contribution in [-0.2, 0) is 0 Å². The van der Waals surface area contributed by atoms with Gasteiger partial charge in [-0.05, 0) is 26.7 Å².